The minimum absolute atomic E-state index is 0.0699. The molecule has 10 nitrogen and oxygen atoms in total. The van der Waals surface area contributed by atoms with Gasteiger partial charge < -0.3 is 25.0 Å². The van der Waals surface area contributed by atoms with Crippen LogP contribution in [-0.2, 0) is 19.1 Å². The van der Waals surface area contributed by atoms with Gasteiger partial charge in [-0.3, -0.25) is 4.79 Å². The number of aliphatic imine (C=N–C) groups is 3. The van der Waals surface area contributed by atoms with E-state index in [4.69, 9.17) is 24.5 Å². The van der Waals surface area contributed by atoms with Gasteiger partial charge in [0.2, 0.25) is 5.60 Å². The molecule has 1 fully saturated rings. The molecule has 5 aliphatic heterocycles. The van der Waals surface area contributed by atoms with E-state index in [0.717, 1.165) is 93.9 Å². The summed E-state index contributed by atoms with van der Waals surface area (Å²) >= 11 is 0. The Labute approximate surface area is 382 Å². The van der Waals surface area contributed by atoms with Crippen LogP contribution in [-0.4, -0.2) is 52.0 Å². The molecule has 0 aromatic rings. The molecule has 64 heavy (non-hydrogen) atoms. The van der Waals surface area contributed by atoms with Gasteiger partial charge in [-0.05, 0) is 117 Å². The van der Waals surface area contributed by atoms with Gasteiger partial charge in [-0.15, -0.1) is 0 Å². The van der Waals surface area contributed by atoms with Crippen LogP contribution in [0.25, 0.3) is 0 Å². The number of aliphatic hydroxyl groups is 2. The maximum atomic E-state index is 13.7. The standard InChI is InChI=1S/C54H72N4O6/c1-13-38-34(8)41-26-43-36(10)40(24-25-47(59)64-29-33(7)23-17-22-32(6)21-16-20-31(5)19-15-18-30(3)4)50(57-43)49-51-48(52(60)54(49,62)53(61)63-12)37(11)44(58-51)28-46-39(14-2)35(9)42(56-46)27-45(38)55-41/h13,26-32,36,40,57,60,62H,1,14-25H2,2-12H3/b33-29+,43-26?,45-27?,46-28?,50-49?/t31?,32?,36-,40-,54+/m0/s1. The van der Waals surface area contributed by atoms with Crippen molar-refractivity contribution in [3.8, 4) is 0 Å². The van der Waals surface area contributed by atoms with Gasteiger partial charge >= 0.3 is 11.9 Å². The van der Waals surface area contributed by atoms with Crippen molar-refractivity contribution in [3.05, 3.63) is 116 Å². The highest BCUT2D eigenvalue weighted by molar-refractivity contribution is 6.26. The molecular weight excluding hydrogens is 801 g/mol. The number of ether oxygens (including phenoxy) is 2. The average molecular weight is 873 g/mol. The van der Waals surface area contributed by atoms with Gasteiger partial charge in [0.1, 0.15) is 0 Å². The number of esters is 2. The summed E-state index contributed by atoms with van der Waals surface area (Å²) in [6.45, 7) is 25.5. The van der Waals surface area contributed by atoms with Gasteiger partial charge in [0.05, 0.1) is 47.6 Å². The third kappa shape index (κ3) is 9.77. The highest BCUT2D eigenvalue weighted by Gasteiger charge is 2.59. The molecule has 0 amide bonds. The Bertz CT molecular complexity index is 2330. The number of fused-ring (bicyclic) bond motifs is 5. The van der Waals surface area contributed by atoms with E-state index >= 15 is 0 Å². The third-order valence-electron chi connectivity index (χ3n) is 14.2. The van der Waals surface area contributed by atoms with Crippen LogP contribution in [0.4, 0.5) is 0 Å². The number of carbonyl (C=O) groups excluding carboxylic acids is 2. The lowest BCUT2D eigenvalue weighted by molar-refractivity contribution is -0.156. The van der Waals surface area contributed by atoms with Crippen LogP contribution in [0.2, 0.25) is 0 Å². The molecule has 344 valence electrons. The van der Waals surface area contributed by atoms with Crippen LogP contribution in [0.1, 0.15) is 146 Å². The number of carbonyl (C=O) groups is 2. The lowest BCUT2D eigenvalue weighted by atomic mass is 9.83. The minimum atomic E-state index is -2.55. The normalized spacial score (nSPS) is 23.9. The fourth-order valence-corrected chi connectivity index (χ4v) is 10.1. The number of aliphatic hydroxyl groups excluding tert-OH is 1. The first-order valence-corrected chi connectivity index (χ1v) is 23.7. The Hall–Kier alpha value is -5.09. The first-order chi connectivity index (χ1) is 30.4. The Morgan fingerprint density at radius 2 is 1.53 bits per heavy atom. The Morgan fingerprint density at radius 3 is 2.17 bits per heavy atom. The third-order valence-corrected chi connectivity index (χ3v) is 14.2. The summed E-state index contributed by atoms with van der Waals surface area (Å²) < 4.78 is 10.9. The SMILES string of the molecule is C=CC1=C(C)C2=NC1=CC1=NC(=CC3=C(C)C4=C(O)[C@@](O)(C(=O)OC)C(=C5NC(=C2)[C@@H](C)[C@@H]5CCC(=O)O/C=C(\C)CCCC(C)CCCC(C)CCCC(C)C)C4=N3)C(CC)=C1C. The molecule has 1 saturated heterocycles. The van der Waals surface area contributed by atoms with E-state index < -0.39 is 23.2 Å². The van der Waals surface area contributed by atoms with E-state index in [0.29, 0.717) is 29.3 Å². The number of nitrogens with one attached hydrogen (secondary N) is 1. The second kappa shape index (κ2) is 20.4. The number of hydrogen-bond donors (Lipinski definition) is 3. The van der Waals surface area contributed by atoms with Crippen LogP contribution in [0, 0.1) is 29.6 Å². The maximum Gasteiger partial charge on any atom is 0.350 e. The second-order valence-corrected chi connectivity index (χ2v) is 19.4. The summed E-state index contributed by atoms with van der Waals surface area (Å²) in [5, 5.41) is 27.9. The molecule has 0 saturated carbocycles. The second-order valence-electron chi connectivity index (χ2n) is 19.4. The van der Waals surface area contributed by atoms with Gasteiger partial charge in [0, 0.05) is 46.4 Å². The number of hydrogen-bond acceptors (Lipinski definition) is 10. The topological polar surface area (TPSA) is 142 Å². The molecule has 1 aliphatic carbocycles. The van der Waals surface area contributed by atoms with Crippen molar-refractivity contribution in [1.82, 2.24) is 5.32 Å². The van der Waals surface area contributed by atoms with Gasteiger partial charge in [-0.25, -0.2) is 19.8 Å². The first kappa shape index (κ1) is 48.4. The molecule has 0 aromatic heterocycles. The van der Waals surface area contributed by atoms with Crippen LogP contribution in [0.3, 0.4) is 0 Å². The quantitative estimate of drug-likeness (QED) is 0.0866. The van der Waals surface area contributed by atoms with E-state index in [-0.39, 0.29) is 35.2 Å². The maximum absolute atomic E-state index is 13.7. The van der Waals surface area contributed by atoms with E-state index in [1.807, 2.05) is 52.0 Å². The fourth-order valence-electron chi connectivity index (χ4n) is 10.1. The Balaban J connectivity index is 1.25. The van der Waals surface area contributed by atoms with Crippen molar-refractivity contribution in [2.45, 2.75) is 152 Å². The highest BCUT2D eigenvalue weighted by Crippen LogP contribution is 2.51. The van der Waals surface area contributed by atoms with Gasteiger partial charge in [-0.2, -0.15) is 0 Å². The summed E-state index contributed by atoms with van der Waals surface area (Å²) in [5.74, 6) is -0.385. The Kier molecular flexibility index (Phi) is 15.4. The lowest BCUT2D eigenvalue weighted by Gasteiger charge is -2.26. The number of rotatable bonds is 19. The summed E-state index contributed by atoms with van der Waals surface area (Å²) in [5.41, 5.74) is 8.45. The van der Waals surface area contributed by atoms with Crippen molar-refractivity contribution < 1.29 is 29.3 Å². The van der Waals surface area contributed by atoms with Gasteiger partial charge in [0.15, 0.2) is 5.76 Å². The molecule has 2 unspecified atom stereocenters. The molecule has 0 aromatic carbocycles. The first-order valence-electron chi connectivity index (χ1n) is 23.7. The molecule has 6 rings (SSSR count). The molecule has 5 atom stereocenters. The van der Waals surface area contributed by atoms with E-state index in [1.165, 1.54) is 45.6 Å². The minimum Gasteiger partial charge on any atom is -0.507 e. The predicted octanol–water partition coefficient (Wildman–Crippen LogP) is 12.0. The molecule has 0 radical (unpaired) electrons. The summed E-state index contributed by atoms with van der Waals surface area (Å²) in [6.07, 6.45) is 21.3. The number of methoxy groups -OCH3 is 1. The fraction of sp³-hybridized carbons (Fsp3) is 0.537. The average Bonchev–Trinajstić information content (AvgIpc) is 3.98. The smallest absolute Gasteiger partial charge is 0.350 e. The van der Waals surface area contributed by atoms with Gasteiger partial charge in [-0.1, -0.05) is 99.1 Å². The zero-order valence-electron chi connectivity index (χ0n) is 40.3. The Morgan fingerprint density at radius 1 is 0.891 bits per heavy atom. The largest absolute Gasteiger partial charge is 0.507 e. The van der Waals surface area contributed by atoms with Crippen molar-refractivity contribution in [2.75, 3.05) is 7.11 Å². The van der Waals surface area contributed by atoms with Crippen molar-refractivity contribution >= 4 is 29.1 Å². The van der Waals surface area contributed by atoms with Crippen LogP contribution in [0.15, 0.2) is 131 Å². The zero-order chi connectivity index (χ0) is 46.6. The molecular formula is C54H72N4O6. The van der Waals surface area contributed by atoms with Crippen LogP contribution < -0.4 is 5.32 Å². The number of allylic oxidation sites excluding steroid dienone is 12. The van der Waals surface area contributed by atoms with Crippen LogP contribution >= 0.6 is 0 Å². The molecule has 3 N–H and O–H groups in total. The van der Waals surface area contributed by atoms with E-state index in [2.05, 4.69) is 53.4 Å². The highest BCUT2D eigenvalue weighted by atomic mass is 16.5. The summed E-state index contributed by atoms with van der Waals surface area (Å²) in [7, 11) is 1.18. The van der Waals surface area contributed by atoms with Crippen molar-refractivity contribution in [1.29, 1.82) is 0 Å². The lowest BCUT2D eigenvalue weighted by Crippen LogP contribution is -2.44. The molecule has 5 heterocycles. The molecule has 8 bridgehead atoms. The number of nitrogens with zero attached hydrogens (tertiary/aromatic N) is 3. The predicted molar refractivity (Wildman–Crippen MR) is 258 cm³/mol. The molecule has 10 heteroatoms. The summed E-state index contributed by atoms with van der Waals surface area (Å²) in [6, 6.07) is 0. The van der Waals surface area contributed by atoms with E-state index in [1.54, 1.807) is 6.26 Å². The van der Waals surface area contributed by atoms with Crippen LogP contribution in [0.5, 0.6) is 0 Å². The van der Waals surface area contributed by atoms with Gasteiger partial charge in [0.25, 0.3) is 0 Å². The molecule has 0 spiro atoms. The summed E-state index contributed by atoms with van der Waals surface area (Å²) in [4.78, 5) is 42.3. The van der Waals surface area contributed by atoms with E-state index in [9.17, 15) is 19.8 Å². The van der Waals surface area contributed by atoms with Crippen molar-refractivity contribution in [2.24, 2.45) is 44.6 Å². The van der Waals surface area contributed by atoms with Crippen molar-refractivity contribution in [3.63, 3.8) is 0 Å². The zero-order valence-corrected chi connectivity index (χ0v) is 40.3. The monoisotopic (exact) mass is 873 g/mol. The molecule has 6 aliphatic rings.